The van der Waals surface area contributed by atoms with Gasteiger partial charge in [-0.3, -0.25) is 4.79 Å². The van der Waals surface area contributed by atoms with Gasteiger partial charge in [-0.25, -0.2) is 9.18 Å². The molecule has 2 N–H and O–H groups in total. The molecule has 1 aromatic carbocycles. The number of carbonyl (C=O) groups excluding carboxylic acids is 1. The van der Waals surface area contributed by atoms with E-state index in [0.717, 1.165) is 12.1 Å². The van der Waals surface area contributed by atoms with Crippen LogP contribution in [0.5, 0.6) is 0 Å². The van der Waals surface area contributed by atoms with Crippen molar-refractivity contribution >= 4 is 23.5 Å². The number of benzene rings is 1. The van der Waals surface area contributed by atoms with Gasteiger partial charge in [0.2, 0.25) is 0 Å². The van der Waals surface area contributed by atoms with Crippen molar-refractivity contribution in [3.63, 3.8) is 0 Å². The van der Waals surface area contributed by atoms with Gasteiger partial charge in [-0.2, -0.15) is 0 Å². The molecule has 7 heteroatoms. The third-order valence-corrected chi connectivity index (χ3v) is 2.43. The predicted molar refractivity (Wildman–Crippen MR) is 62.2 cm³/mol. The van der Waals surface area contributed by atoms with Gasteiger partial charge in [0.15, 0.2) is 6.04 Å². The molecule has 0 aliphatic rings. The number of carboxylic acids is 1. The van der Waals surface area contributed by atoms with Crippen molar-refractivity contribution in [1.82, 2.24) is 5.32 Å². The van der Waals surface area contributed by atoms with E-state index in [2.05, 4.69) is 10.1 Å². The zero-order chi connectivity index (χ0) is 13.7. The van der Waals surface area contributed by atoms with E-state index in [1.165, 1.54) is 13.2 Å². The topological polar surface area (TPSA) is 75.6 Å². The molecule has 0 fully saturated rings. The molecule has 0 radical (unpaired) electrons. The summed E-state index contributed by atoms with van der Waals surface area (Å²) in [5.74, 6) is -2.52. The highest BCUT2D eigenvalue weighted by Gasteiger charge is 2.21. The summed E-state index contributed by atoms with van der Waals surface area (Å²) in [4.78, 5) is 22.5. The lowest BCUT2D eigenvalue weighted by molar-refractivity contribution is -0.140. The van der Waals surface area contributed by atoms with Crippen LogP contribution >= 0.6 is 11.6 Å². The number of nitrogens with one attached hydrogen (secondary N) is 1. The van der Waals surface area contributed by atoms with Crippen molar-refractivity contribution in [2.75, 3.05) is 13.7 Å². The van der Waals surface area contributed by atoms with Crippen molar-refractivity contribution in [3.05, 3.63) is 34.6 Å². The van der Waals surface area contributed by atoms with Crippen molar-refractivity contribution < 1.29 is 23.8 Å². The Morgan fingerprint density at radius 2 is 2.22 bits per heavy atom. The fraction of sp³-hybridized carbons (Fsp3) is 0.273. The molecule has 0 aromatic heterocycles. The molecule has 0 spiro atoms. The van der Waals surface area contributed by atoms with Gasteiger partial charge < -0.3 is 15.2 Å². The molecule has 5 nitrogen and oxygen atoms in total. The number of hydrogen-bond donors (Lipinski definition) is 2. The van der Waals surface area contributed by atoms with E-state index in [1.807, 2.05) is 0 Å². The van der Waals surface area contributed by atoms with Gasteiger partial charge in [-0.1, -0.05) is 11.6 Å². The fourth-order valence-corrected chi connectivity index (χ4v) is 1.50. The summed E-state index contributed by atoms with van der Waals surface area (Å²) < 4.78 is 17.5. The molecule has 18 heavy (non-hydrogen) atoms. The van der Waals surface area contributed by atoms with Crippen molar-refractivity contribution in [3.8, 4) is 0 Å². The monoisotopic (exact) mass is 275 g/mol. The van der Waals surface area contributed by atoms with Gasteiger partial charge >= 0.3 is 5.97 Å². The van der Waals surface area contributed by atoms with E-state index in [4.69, 9.17) is 16.7 Å². The molecule has 0 saturated carbocycles. The number of halogens is 2. The number of aliphatic carboxylic acids is 1. The van der Waals surface area contributed by atoms with Crippen LogP contribution in [0.2, 0.25) is 5.02 Å². The van der Waals surface area contributed by atoms with Gasteiger partial charge in [0.05, 0.1) is 17.2 Å². The molecule has 1 atom stereocenters. The Kier molecular flexibility index (Phi) is 5.06. The molecule has 1 aromatic rings. The van der Waals surface area contributed by atoms with E-state index in [0.29, 0.717) is 0 Å². The van der Waals surface area contributed by atoms with Crippen LogP contribution in [-0.4, -0.2) is 36.7 Å². The predicted octanol–water partition coefficient (Wildman–Crippen LogP) is 1.31. The number of amides is 1. The van der Waals surface area contributed by atoms with Gasteiger partial charge in [0.25, 0.3) is 5.91 Å². The zero-order valence-corrected chi connectivity index (χ0v) is 10.2. The molecule has 0 aliphatic heterocycles. The van der Waals surface area contributed by atoms with Gasteiger partial charge in [-0.15, -0.1) is 0 Å². The van der Waals surface area contributed by atoms with Crippen molar-refractivity contribution in [2.45, 2.75) is 6.04 Å². The second-order valence-corrected chi connectivity index (χ2v) is 3.85. The summed E-state index contributed by atoms with van der Waals surface area (Å²) >= 11 is 5.68. The van der Waals surface area contributed by atoms with Crippen molar-refractivity contribution in [1.29, 1.82) is 0 Å². The molecular weight excluding hydrogens is 265 g/mol. The second kappa shape index (κ2) is 6.32. The first kappa shape index (κ1) is 14.4. The lowest BCUT2D eigenvalue weighted by Crippen LogP contribution is -2.43. The maximum absolute atomic E-state index is 12.8. The van der Waals surface area contributed by atoms with E-state index in [9.17, 15) is 14.0 Å². The average molecular weight is 276 g/mol. The third-order valence-electron chi connectivity index (χ3n) is 2.11. The smallest absolute Gasteiger partial charge is 0.328 e. The molecular formula is C11H11ClFNO4. The highest BCUT2D eigenvalue weighted by atomic mass is 35.5. The van der Waals surface area contributed by atoms with Crippen LogP contribution < -0.4 is 5.32 Å². The summed E-state index contributed by atoms with van der Waals surface area (Å²) in [6.45, 7) is -0.181. The van der Waals surface area contributed by atoms with Crippen LogP contribution in [0.15, 0.2) is 18.2 Å². The molecule has 1 amide bonds. The van der Waals surface area contributed by atoms with E-state index >= 15 is 0 Å². The Morgan fingerprint density at radius 1 is 1.56 bits per heavy atom. The van der Waals surface area contributed by atoms with Gasteiger partial charge in [0, 0.05) is 7.11 Å². The average Bonchev–Trinajstić information content (AvgIpc) is 2.27. The minimum atomic E-state index is -1.23. The minimum absolute atomic E-state index is 0.000389. The molecule has 0 bridgehead atoms. The molecule has 0 heterocycles. The molecule has 0 saturated heterocycles. The fourth-order valence-electron chi connectivity index (χ4n) is 1.25. The number of carbonyl (C=O) groups is 2. The highest BCUT2D eigenvalue weighted by Crippen LogP contribution is 2.17. The van der Waals surface area contributed by atoms with Gasteiger partial charge in [0.1, 0.15) is 5.82 Å². The maximum atomic E-state index is 12.8. The van der Waals surface area contributed by atoms with Crippen LogP contribution in [-0.2, 0) is 9.53 Å². The second-order valence-electron chi connectivity index (χ2n) is 3.44. The SMILES string of the molecule is COCC(NC(=O)c1ccc(F)cc1Cl)C(=O)O. The largest absolute Gasteiger partial charge is 0.480 e. The standard InChI is InChI=1S/C11H11ClFNO4/c1-18-5-9(11(16)17)14-10(15)7-3-2-6(13)4-8(7)12/h2-4,9H,5H2,1H3,(H,14,15)(H,16,17). The maximum Gasteiger partial charge on any atom is 0.328 e. The minimum Gasteiger partial charge on any atom is -0.480 e. The van der Waals surface area contributed by atoms with E-state index < -0.39 is 23.7 Å². The number of rotatable bonds is 5. The molecule has 98 valence electrons. The lowest BCUT2D eigenvalue weighted by Gasteiger charge is -2.13. The number of hydrogen-bond acceptors (Lipinski definition) is 3. The molecule has 1 rings (SSSR count). The molecule has 1 unspecified atom stereocenters. The Labute approximate surface area is 108 Å². The number of ether oxygens (including phenoxy) is 1. The van der Waals surface area contributed by atoms with Gasteiger partial charge in [-0.05, 0) is 18.2 Å². The Balaban J connectivity index is 2.83. The summed E-state index contributed by atoms with van der Waals surface area (Å²) in [7, 11) is 1.31. The number of carboxylic acid groups (broad SMARTS) is 1. The van der Waals surface area contributed by atoms with Crippen LogP contribution in [0.4, 0.5) is 4.39 Å². The number of methoxy groups -OCH3 is 1. The van der Waals surface area contributed by atoms with Crippen LogP contribution in [0.1, 0.15) is 10.4 Å². The van der Waals surface area contributed by atoms with Crippen LogP contribution in [0, 0.1) is 5.82 Å². The summed E-state index contributed by atoms with van der Waals surface area (Å²) in [6, 6.07) is 2.03. The third kappa shape index (κ3) is 3.68. The first-order chi connectivity index (χ1) is 8.45. The molecule has 0 aliphatic carbocycles. The first-order valence-electron chi connectivity index (χ1n) is 4.93. The van der Waals surface area contributed by atoms with Crippen LogP contribution in [0.25, 0.3) is 0 Å². The zero-order valence-electron chi connectivity index (χ0n) is 9.44. The highest BCUT2D eigenvalue weighted by molar-refractivity contribution is 6.33. The first-order valence-corrected chi connectivity index (χ1v) is 5.31. The normalized spacial score (nSPS) is 11.9. The summed E-state index contributed by atoms with van der Waals surface area (Å²) in [5, 5.41) is 11.0. The van der Waals surface area contributed by atoms with Crippen molar-refractivity contribution in [2.24, 2.45) is 0 Å². The summed E-state index contributed by atoms with van der Waals surface area (Å²) in [6.07, 6.45) is 0. The van der Waals surface area contributed by atoms with Crippen LogP contribution in [0.3, 0.4) is 0 Å². The van der Waals surface area contributed by atoms with E-state index in [-0.39, 0.29) is 17.2 Å². The summed E-state index contributed by atoms with van der Waals surface area (Å²) in [5.41, 5.74) is 0.000389. The Morgan fingerprint density at radius 3 is 2.72 bits per heavy atom. The lowest BCUT2D eigenvalue weighted by atomic mass is 10.2. The van der Waals surface area contributed by atoms with E-state index in [1.54, 1.807) is 0 Å². The Hall–Kier alpha value is -1.66. The quantitative estimate of drug-likeness (QED) is 0.849. The Bertz CT molecular complexity index is 466.